The second kappa shape index (κ2) is 9.17. The minimum atomic E-state index is -0.418. The third kappa shape index (κ3) is 4.67. The summed E-state index contributed by atoms with van der Waals surface area (Å²) in [7, 11) is 0. The van der Waals surface area contributed by atoms with Gasteiger partial charge in [-0.05, 0) is 61.9 Å². The van der Waals surface area contributed by atoms with Crippen LogP contribution >= 0.6 is 0 Å². The van der Waals surface area contributed by atoms with Crippen LogP contribution < -0.4 is 5.32 Å². The average molecular weight is 449 g/mol. The number of nitrogens with zero attached hydrogens (tertiary/aromatic N) is 3. The minimum absolute atomic E-state index is 0.0209. The molecule has 3 aromatic rings. The number of nitrogens with one attached hydrogen (secondary N) is 1. The Labute approximate surface area is 193 Å². The van der Waals surface area contributed by atoms with E-state index in [1.54, 1.807) is 37.3 Å². The van der Waals surface area contributed by atoms with Gasteiger partial charge < -0.3 is 10.2 Å². The van der Waals surface area contributed by atoms with Crippen LogP contribution in [-0.4, -0.2) is 39.6 Å². The topological polar surface area (TPSA) is 67.2 Å². The fourth-order valence-electron chi connectivity index (χ4n) is 4.59. The van der Waals surface area contributed by atoms with E-state index >= 15 is 0 Å². The molecule has 1 fully saturated rings. The third-order valence-electron chi connectivity index (χ3n) is 6.22. The Hall–Kier alpha value is -3.48. The predicted molar refractivity (Wildman–Crippen MR) is 126 cm³/mol. The molecule has 1 aromatic heterocycles. The summed E-state index contributed by atoms with van der Waals surface area (Å²) in [5.74, 6) is 0.141. The Morgan fingerprint density at radius 3 is 2.45 bits per heavy atom. The second-order valence-electron chi connectivity index (χ2n) is 9.15. The first-order valence-electron chi connectivity index (χ1n) is 11.3. The number of hydrogen-bond donors (Lipinski definition) is 1. The zero-order valence-corrected chi connectivity index (χ0v) is 19.4. The van der Waals surface area contributed by atoms with Gasteiger partial charge in [-0.15, -0.1) is 0 Å². The summed E-state index contributed by atoms with van der Waals surface area (Å²) in [5, 5.41) is 7.11. The van der Waals surface area contributed by atoms with Crippen LogP contribution in [0.25, 0.3) is 5.69 Å². The van der Waals surface area contributed by atoms with Crippen molar-refractivity contribution in [1.82, 2.24) is 14.7 Å². The number of piperidine rings is 1. The quantitative estimate of drug-likeness (QED) is 0.611. The van der Waals surface area contributed by atoms with Gasteiger partial charge in [0, 0.05) is 24.3 Å². The van der Waals surface area contributed by atoms with Crippen molar-refractivity contribution in [2.24, 2.45) is 11.8 Å². The van der Waals surface area contributed by atoms with E-state index < -0.39 is 5.82 Å². The number of anilines is 1. The Morgan fingerprint density at radius 2 is 1.76 bits per heavy atom. The van der Waals surface area contributed by atoms with Crippen LogP contribution in [0.1, 0.15) is 52.2 Å². The van der Waals surface area contributed by atoms with Gasteiger partial charge >= 0.3 is 0 Å². The molecule has 172 valence electrons. The largest absolute Gasteiger partial charge is 0.338 e. The molecule has 0 radical (unpaired) electrons. The smallest absolute Gasteiger partial charge is 0.259 e. The van der Waals surface area contributed by atoms with Gasteiger partial charge in [-0.2, -0.15) is 5.10 Å². The zero-order valence-electron chi connectivity index (χ0n) is 19.4. The molecular formula is C26H29FN4O2. The van der Waals surface area contributed by atoms with Gasteiger partial charge in [0.25, 0.3) is 11.8 Å². The molecule has 0 aliphatic carbocycles. The molecule has 6 nitrogen and oxygen atoms in total. The van der Waals surface area contributed by atoms with Gasteiger partial charge in [-0.1, -0.05) is 32.0 Å². The number of amides is 2. The summed E-state index contributed by atoms with van der Waals surface area (Å²) in [6, 6.07) is 11.7. The third-order valence-corrected chi connectivity index (χ3v) is 6.22. The molecule has 1 aliphatic heterocycles. The minimum Gasteiger partial charge on any atom is -0.338 e. The summed E-state index contributed by atoms with van der Waals surface area (Å²) in [4.78, 5) is 28.1. The van der Waals surface area contributed by atoms with E-state index in [9.17, 15) is 14.0 Å². The average Bonchev–Trinajstić information content (AvgIpc) is 3.15. The summed E-state index contributed by atoms with van der Waals surface area (Å²) < 4.78 is 15.6. The van der Waals surface area contributed by atoms with E-state index in [1.807, 2.05) is 17.9 Å². The zero-order chi connectivity index (χ0) is 23.7. The van der Waals surface area contributed by atoms with Crippen molar-refractivity contribution >= 4 is 17.5 Å². The molecule has 2 aromatic carbocycles. The van der Waals surface area contributed by atoms with Crippen molar-refractivity contribution in [2.75, 3.05) is 18.4 Å². The van der Waals surface area contributed by atoms with Crippen LogP contribution in [-0.2, 0) is 0 Å². The molecule has 0 bridgehead atoms. The van der Waals surface area contributed by atoms with E-state index in [0.29, 0.717) is 34.3 Å². The van der Waals surface area contributed by atoms with Gasteiger partial charge in [-0.3, -0.25) is 9.59 Å². The molecule has 7 heteroatoms. The molecule has 2 amide bonds. The number of para-hydroxylation sites is 1. The molecule has 2 atom stereocenters. The Morgan fingerprint density at radius 1 is 1.06 bits per heavy atom. The molecule has 1 N–H and O–H groups in total. The first-order chi connectivity index (χ1) is 15.7. The molecule has 0 spiro atoms. The van der Waals surface area contributed by atoms with Crippen molar-refractivity contribution in [3.05, 3.63) is 76.9 Å². The van der Waals surface area contributed by atoms with Crippen LogP contribution in [0.2, 0.25) is 0 Å². The highest BCUT2D eigenvalue weighted by Gasteiger charge is 2.26. The molecule has 0 saturated carbocycles. The maximum atomic E-state index is 14.2. The molecule has 2 unspecified atom stereocenters. The van der Waals surface area contributed by atoms with Gasteiger partial charge in [-0.25, -0.2) is 9.07 Å². The summed E-state index contributed by atoms with van der Waals surface area (Å²) in [6.07, 6.45) is 2.55. The van der Waals surface area contributed by atoms with E-state index in [1.165, 1.54) is 16.9 Å². The van der Waals surface area contributed by atoms with Crippen molar-refractivity contribution in [3.8, 4) is 5.69 Å². The fraction of sp³-hybridized carbons (Fsp3) is 0.346. The maximum Gasteiger partial charge on any atom is 0.259 e. The van der Waals surface area contributed by atoms with E-state index in [0.717, 1.165) is 25.1 Å². The molecule has 2 heterocycles. The first-order valence-corrected chi connectivity index (χ1v) is 11.3. The van der Waals surface area contributed by atoms with Gasteiger partial charge in [0.05, 0.1) is 17.5 Å². The van der Waals surface area contributed by atoms with Crippen molar-refractivity contribution in [3.63, 3.8) is 0 Å². The Bertz CT molecular complexity index is 1190. The summed E-state index contributed by atoms with van der Waals surface area (Å²) in [6.45, 7) is 9.42. The lowest BCUT2D eigenvalue weighted by Crippen LogP contribution is -2.42. The molecule has 1 aliphatic rings. The van der Waals surface area contributed by atoms with Crippen molar-refractivity contribution in [1.29, 1.82) is 0 Å². The number of carbonyl (C=O) groups is 2. The number of rotatable bonds is 4. The molecular weight excluding hydrogens is 419 g/mol. The lowest BCUT2D eigenvalue weighted by atomic mass is 9.91. The van der Waals surface area contributed by atoms with Gasteiger partial charge in [0.15, 0.2) is 0 Å². The van der Waals surface area contributed by atoms with E-state index in [4.69, 9.17) is 0 Å². The van der Waals surface area contributed by atoms with Crippen molar-refractivity contribution < 1.29 is 14.0 Å². The predicted octanol–water partition coefficient (Wildman–Crippen LogP) is 5.00. The van der Waals surface area contributed by atoms with Crippen LogP contribution in [0.3, 0.4) is 0 Å². The maximum absolute atomic E-state index is 14.2. The van der Waals surface area contributed by atoms with Crippen LogP contribution in [0.4, 0.5) is 10.1 Å². The number of aromatic nitrogens is 2. The molecule has 33 heavy (non-hydrogen) atoms. The Balaban J connectivity index is 1.56. The van der Waals surface area contributed by atoms with E-state index in [-0.39, 0.29) is 17.5 Å². The van der Waals surface area contributed by atoms with Gasteiger partial charge in [0.2, 0.25) is 0 Å². The van der Waals surface area contributed by atoms with Crippen LogP contribution in [0, 0.1) is 31.5 Å². The lowest BCUT2D eigenvalue weighted by Gasteiger charge is -2.35. The fourth-order valence-corrected chi connectivity index (χ4v) is 4.59. The van der Waals surface area contributed by atoms with E-state index in [2.05, 4.69) is 24.3 Å². The summed E-state index contributed by atoms with van der Waals surface area (Å²) in [5.41, 5.74) is 3.12. The molecule has 4 rings (SSSR count). The second-order valence-corrected chi connectivity index (χ2v) is 9.15. The normalized spacial score (nSPS) is 18.3. The lowest BCUT2D eigenvalue weighted by molar-refractivity contribution is 0.0623. The number of aryl methyl sites for hydroxylation is 1. The Kier molecular flexibility index (Phi) is 6.31. The highest BCUT2D eigenvalue weighted by molar-refractivity contribution is 6.06. The standard InChI is InChI=1S/C26H29FN4O2/c1-16-11-17(2)15-30(14-16)26(33)20-10-9-18(3)23(12-20)29-25(32)21-13-28-31(19(21)4)24-8-6-5-7-22(24)27/h5-10,12-13,16-17H,11,14-15H2,1-4H3,(H,29,32). The SMILES string of the molecule is Cc1ccc(C(=O)N2CC(C)CC(C)C2)cc1NC(=O)c1cnn(-c2ccccc2F)c1C. The number of hydrogen-bond acceptors (Lipinski definition) is 3. The number of carbonyl (C=O) groups excluding carboxylic acids is 2. The number of likely N-dealkylation sites (tertiary alicyclic amines) is 1. The van der Waals surface area contributed by atoms with Gasteiger partial charge in [0.1, 0.15) is 11.5 Å². The summed E-state index contributed by atoms with van der Waals surface area (Å²) >= 11 is 0. The highest BCUT2D eigenvalue weighted by Crippen LogP contribution is 2.25. The number of benzene rings is 2. The number of halogens is 1. The van der Waals surface area contributed by atoms with Crippen LogP contribution in [0.5, 0.6) is 0 Å². The highest BCUT2D eigenvalue weighted by atomic mass is 19.1. The monoisotopic (exact) mass is 448 g/mol. The van der Waals surface area contributed by atoms with Crippen molar-refractivity contribution in [2.45, 2.75) is 34.1 Å². The first kappa shape index (κ1) is 22.7. The molecule has 1 saturated heterocycles. The van der Waals surface area contributed by atoms with Crippen LogP contribution in [0.15, 0.2) is 48.7 Å².